The predicted molar refractivity (Wildman–Crippen MR) is 117 cm³/mol. The first kappa shape index (κ1) is 23.2. The van der Waals surface area contributed by atoms with Crippen LogP contribution >= 0.6 is 0 Å². The molecular formula is C23H21N3O7. The van der Waals surface area contributed by atoms with Gasteiger partial charge in [0.2, 0.25) is 0 Å². The Bertz CT molecular complexity index is 1160. The van der Waals surface area contributed by atoms with Crippen LogP contribution in [0.1, 0.15) is 21.7 Å². The van der Waals surface area contributed by atoms with Crippen molar-refractivity contribution in [1.82, 2.24) is 5.32 Å². The van der Waals surface area contributed by atoms with Crippen LogP contribution in [0.5, 0.6) is 0 Å². The van der Waals surface area contributed by atoms with Crippen LogP contribution in [0.25, 0.3) is 0 Å². The van der Waals surface area contributed by atoms with Gasteiger partial charge in [-0.15, -0.1) is 0 Å². The number of nitrogens with one attached hydrogen (secondary N) is 1. The van der Waals surface area contributed by atoms with Gasteiger partial charge in [0.1, 0.15) is 5.76 Å². The molecule has 2 amide bonds. The van der Waals surface area contributed by atoms with Crippen LogP contribution in [-0.4, -0.2) is 36.4 Å². The SMILES string of the molecule is CN(C(=O)COC(=O)Cc1ccccc1[N+](=O)[O-])c1ccccc1C(=O)NCc1ccco1. The topological polar surface area (TPSA) is 132 Å². The van der Waals surface area contributed by atoms with Crippen LogP contribution in [0, 0.1) is 10.1 Å². The molecule has 10 heteroatoms. The van der Waals surface area contributed by atoms with Crippen LogP contribution in [0.15, 0.2) is 71.3 Å². The van der Waals surface area contributed by atoms with Gasteiger partial charge in [-0.2, -0.15) is 0 Å². The number of ether oxygens (including phenoxy) is 1. The van der Waals surface area contributed by atoms with E-state index in [1.807, 2.05) is 0 Å². The molecule has 1 N–H and O–H groups in total. The Hall–Kier alpha value is -4.47. The lowest BCUT2D eigenvalue weighted by Gasteiger charge is -2.20. The van der Waals surface area contributed by atoms with Gasteiger partial charge in [0.05, 0.1) is 35.4 Å². The number of rotatable bonds is 9. The molecule has 0 fully saturated rings. The Kier molecular flexibility index (Phi) is 7.53. The summed E-state index contributed by atoms with van der Waals surface area (Å²) in [6.45, 7) is -0.403. The van der Waals surface area contributed by atoms with Crippen LogP contribution in [-0.2, 0) is 27.3 Å². The van der Waals surface area contributed by atoms with Crippen molar-refractivity contribution in [2.24, 2.45) is 0 Å². The largest absolute Gasteiger partial charge is 0.467 e. The van der Waals surface area contributed by atoms with E-state index in [1.54, 1.807) is 42.5 Å². The second-order valence-electron chi connectivity index (χ2n) is 6.96. The van der Waals surface area contributed by atoms with E-state index in [1.165, 1.54) is 36.4 Å². The zero-order valence-corrected chi connectivity index (χ0v) is 17.7. The Morgan fingerprint density at radius 1 is 1.06 bits per heavy atom. The standard InChI is InChI=1S/C23H21N3O7/c1-25(20-11-5-3-9-18(20)23(29)24-14-17-8-6-12-32-17)21(27)15-33-22(28)13-16-7-2-4-10-19(16)26(30)31/h2-12H,13-15H2,1H3,(H,24,29). The molecule has 33 heavy (non-hydrogen) atoms. The summed E-state index contributed by atoms with van der Waals surface area (Å²) < 4.78 is 10.2. The number of hydrogen-bond donors (Lipinski definition) is 1. The van der Waals surface area contributed by atoms with E-state index in [2.05, 4.69) is 5.32 Å². The minimum atomic E-state index is -0.782. The number of nitro benzene ring substituents is 1. The normalized spacial score (nSPS) is 10.3. The minimum absolute atomic E-state index is 0.182. The monoisotopic (exact) mass is 451 g/mol. The highest BCUT2D eigenvalue weighted by Gasteiger charge is 2.21. The van der Waals surface area contributed by atoms with E-state index >= 15 is 0 Å². The van der Waals surface area contributed by atoms with E-state index in [0.717, 1.165) is 0 Å². The van der Waals surface area contributed by atoms with Gasteiger partial charge in [-0.25, -0.2) is 0 Å². The Labute approximate surface area is 188 Å². The van der Waals surface area contributed by atoms with Crippen LogP contribution < -0.4 is 10.2 Å². The first-order valence-electron chi connectivity index (χ1n) is 9.91. The van der Waals surface area contributed by atoms with Gasteiger partial charge in [0.25, 0.3) is 17.5 Å². The third-order valence-electron chi connectivity index (χ3n) is 4.77. The van der Waals surface area contributed by atoms with E-state index in [0.29, 0.717) is 11.4 Å². The lowest BCUT2D eigenvalue weighted by Crippen LogP contribution is -2.33. The van der Waals surface area contributed by atoms with Gasteiger partial charge in [0.15, 0.2) is 6.61 Å². The summed E-state index contributed by atoms with van der Waals surface area (Å²) in [7, 11) is 1.46. The van der Waals surface area contributed by atoms with Crippen molar-refractivity contribution in [2.45, 2.75) is 13.0 Å². The van der Waals surface area contributed by atoms with Crippen LogP contribution in [0.3, 0.4) is 0 Å². The maximum absolute atomic E-state index is 12.6. The Morgan fingerprint density at radius 3 is 2.52 bits per heavy atom. The number of anilines is 1. The van der Waals surface area contributed by atoms with E-state index in [4.69, 9.17) is 9.15 Å². The molecule has 0 atom stereocenters. The average Bonchev–Trinajstić information content (AvgIpc) is 3.34. The number of likely N-dealkylation sites (N-methyl/N-ethyl adjacent to an activating group) is 1. The number of esters is 1. The number of benzene rings is 2. The van der Waals surface area contributed by atoms with Crippen molar-refractivity contribution in [3.05, 3.63) is 93.9 Å². The smallest absolute Gasteiger partial charge is 0.311 e. The van der Waals surface area contributed by atoms with Crippen LogP contribution in [0.2, 0.25) is 0 Å². The van der Waals surface area contributed by atoms with Crippen molar-refractivity contribution in [1.29, 1.82) is 0 Å². The molecule has 0 radical (unpaired) electrons. The van der Waals surface area contributed by atoms with Crippen molar-refractivity contribution in [3.63, 3.8) is 0 Å². The van der Waals surface area contributed by atoms with E-state index in [-0.39, 0.29) is 29.8 Å². The maximum atomic E-state index is 12.6. The summed E-state index contributed by atoms with van der Waals surface area (Å²) in [5.74, 6) is -1.18. The summed E-state index contributed by atoms with van der Waals surface area (Å²) in [4.78, 5) is 49.0. The summed E-state index contributed by atoms with van der Waals surface area (Å²) in [5, 5.41) is 13.8. The van der Waals surface area contributed by atoms with Gasteiger partial charge in [-0.3, -0.25) is 24.5 Å². The predicted octanol–water partition coefficient (Wildman–Crippen LogP) is 2.87. The second-order valence-corrected chi connectivity index (χ2v) is 6.96. The number of amides is 2. The summed E-state index contributed by atoms with van der Waals surface area (Å²) in [5.41, 5.74) is 0.569. The molecule has 10 nitrogen and oxygen atoms in total. The fraction of sp³-hybridized carbons (Fsp3) is 0.174. The molecule has 1 heterocycles. The van der Waals surface area contributed by atoms with E-state index in [9.17, 15) is 24.5 Å². The van der Waals surface area contributed by atoms with Gasteiger partial charge in [-0.05, 0) is 24.3 Å². The summed E-state index contributed by atoms with van der Waals surface area (Å²) in [6, 6.07) is 15.7. The van der Waals surface area contributed by atoms with Crippen molar-refractivity contribution >= 4 is 29.2 Å². The molecule has 0 unspecified atom stereocenters. The lowest BCUT2D eigenvalue weighted by atomic mass is 10.1. The fourth-order valence-corrected chi connectivity index (χ4v) is 3.05. The summed E-state index contributed by atoms with van der Waals surface area (Å²) in [6.07, 6.45) is 1.15. The van der Waals surface area contributed by atoms with Gasteiger partial charge < -0.3 is 19.4 Å². The zero-order chi connectivity index (χ0) is 23.8. The maximum Gasteiger partial charge on any atom is 0.311 e. The number of carbonyl (C=O) groups excluding carboxylic acids is 3. The molecule has 0 aliphatic carbocycles. The molecule has 0 aliphatic heterocycles. The number of para-hydroxylation sites is 2. The highest BCUT2D eigenvalue weighted by molar-refractivity contribution is 6.05. The highest BCUT2D eigenvalue weighted by Crippen LogP contribution is 2.21. The molecule has 0 saturated carbocycles. The lowest BCUT2D eigenvalue weighted by molar-refractivity contribution is -0.385. The fourth-order valence-electron chi connectivity index (χ4n) is 3.05. The second kappa shape index (κ2) is 10.7. The zero-order valence-electron chi connectivity index (χ0n) is 17.7. The molecule has 3 aromatic rings. The average molecular weight is 451 g/mol. The van der Waals surface area contributed by atoms with Gasteiger partial charge in [0, 0.05) is 18.7 Å². The molecule has 2 aromatic carbocycles. The van der Waals surface area contributed by atoms with Crippen molar-refractivity contribution < 1.29 is 28.5 Å². The van der Waals surface area contributed by atoms with Crippen LogP contribution in [0.4, 0.5) is 11.4 Å². The van der Waals surface area contributed by atoms with Gasteiger partial charge in [-0.1, -0.05) is 30.3 Å². The molecule has 170 valence electrons. The Morgan fingerprint density at radius 2 is 1.79 bits per heavy atom. The van der Waals surface area contributed by atoms with Crippen molar-refractivity contribution in [3.8, 4) is 0 Å². The third kappa shape index (κ3) is 6.03. The number of carbonyl (C=O) groups is 3. The first-order valence-corrected chi connectivity index (χ1v) is 9.91. The number of hydrogen-bond acceptors (Lipinski definition) is 7. The molecule has 0 bridgehead atoms. The highest BCUT2D eigenvalue weighted by atomic mass is 16.6. The quantitative estimate of drug-likeness (QED) is 0.300. The first-order chi connectivity index (χ1) is 15.9. The molecule has 3 rings (SSSR count). The number of nitro groups is 1. The number of furan rings is 1. The van der Waals surface area contributed by atoms with Gasteiger partial charge >= 0.3 is 5.97 Å². The minimum Gasteiger partial charge on any atom is -0.467 e. The van der Waals surface area contributed by atoms with E-state index < -0.39 is 29.3 Å². The van der Waals surface area contributed by atoms with Crippen molar-refractivity contribution in [2.75, 3.05) is 18.6 Å². The summed E-state index contributed by atoms with van der Waals surface area (Å²) >= 11 is 0. The molecule has 0 spiro atoms. The Balaban J connectivity index is 1.60. The molecule has 0 aliphatic rings. The molecule has 1 aromatic heterocycles. The number of nitrogens with zero attached hydrogens (tertiary/aromatic N) is 2. The third-order valence-corrected chi connectivity index (χ3v) is 4.77. The molecule has 0 saturated heterocycles. The molecular weight excluding hydrogens is 430 g/mol.